The molecule has 1 aromatic heterocycles. The maximum Gasteiger partial charge on any atom is 0.262 e. The van der Waals surface area contributed by atoms with E-state index < -0.39 is 5.82 Å². The Balaban J connectivity index is 1.80. The molecule has 6 nitrogen and oxygen atoms in total. The van der Waals surface area contributed by atoms with Gasteiger partial charge in [0.15, 0.2) is 5.16 Å². The number of aromatic nitrogens is 2. The highest BCUT2D eigenvalue weighted by molar-refractivity contribution is 7.99. The van der Waals surface area contributed by atoms with E-state index in [1.807, 2.05) is 12.1 Å². The van der Waals surface area contributed by atoms with Gasteiger partial charge in [-0.3, -0.25) is 14.2 Å². The molecule has 0 atom stereocenters. The van der Waals surface area contributed by atoms with Crippen LogP contribution in [0.4, 0.5) is 10.1 Å². The number of para-hydroxylation sites is 2. The van der Waals surface area contributed by atoms with Crippen LogP contribution in [0.5, 0.6) is 0 Å². The van der Waals surface area contributed by atoms with Crippen LogP contribution in [0.3, 0.4) is 0 Å². The molecule has 0 unspecified atom stereocenters. The van der Waals surface area contributed by atoms with Gasteiger partial charge in [-0.2, -0.15) is 0 Å². The van der Waals surface area contributed by atoms with Crippen LogP contribution in [0.2, 0.25) is 0 Å². The van der Waals surface area contributed by atoms with E-state index in [4.69, 9.17) is 0 Å². The number of quaternary nitrogens is 1. The van der Waals surface area contributed by atoms with Crippen LogP contribution in [0.25, 0.3) is 10.9 Å². The highest BCUT2D eigenvalue weighted by atomic mass is 32.2. The van der Waals surface area contributed by atoms with Crippen LogP contribution in [0.15, 0.2) is 58.5 Å². The molecule has 0 radical (unpaired) electrons. The van der Waals surface area contributed by atoms with Crippen molar-refractivity contribution in [3.05, 3.63) is 64.7 Å². The number of amides is 1. The molecule has 0 bridgehead atoms. The normalized spacial score (nSPS) is 11.2. The van der Waals surface area contributed by atoms with E-state index in [9.17, 15) is 14.0 Å². The smallest absolute Gasteiger partial charge is 0.262 e. The van der Waals surface area contributed by atoms with E-state index in [-0.39, 0.29) is 22.9 Å². The fraction of sp³-hybridized carbons (Fsp3) is 0.286. The molecule has 0 spiro atoms. The maximum atomic E-state index is 13.7. The molecule has 0 aliphatic carbocycles. The zero-order valence-corrected chi connectivity index (χ0v) is 17.3. The van der Waals surface area contributed by atoms with E-state index in [2.05, 4.69) is 24.4 Å². The van der Waals surface area contributed by atoms with Crippen molar-refractivity contribution in [3.8, 4) is 0 Å². The van der Waals surface area contributed by atoms with Gasteiger partial charge in [-0.15, -0.1) is 0 Å². The van der Waals surface area contributed by atoms with Gasteiger partial charge in [0, 0.05) is 13.0 Å². The molecule has 0 aliphatic heterocycles. The quantitative estimate of drug-likeness (QED) is 0.435. The Bertz CT molecular complexity index is 1070. The summed E-state index contributed by atoms with van der Waals surface area (Å²) < 4.78 is 15.4. The minimum atomic E-state index is -0.488. The first-order chi connectivity index (χ1) is 14.0. The number of rotatable bonds is 8. The lowest BCUT2D eigenvalue weighted by molar-refractivity contribution is -0.858. The molecule has 3 rings (SSSR count). The number of carbonyl (C=O) groups is 1. The lowest BCUT2D eigenvalue weighted by Gasteiger charge is -2.14. The fourth-order valence-corrected chi connectivity index (χ4v) is 3.75. The summed E-state index contributed by atoms with van der Waals surface area (Å²) in [7, 11) is 4.12. The van der Waals surface area contributed by atoms with Crippen molar-refractivity contribution in [2.75, 3.05) is 31.7 Å². The number of halogens is 1. The summed E-state index contributed by atoms with van der Waals surface area (Å²) in [6.07, 6.45) is 0.817. The first kappa shape index (κ1) is 21.0. The number of hydrogen-bond acceptors (Lipinski definition) is 4. The summed E-state index contributed by atoms with van der Waals surface area (Å²) in [6, 6.07) is 13.2. The van der Waals surface area contributed by atoms with E-state index in [1.54, 1.807) is 28.8 Å². The molecule has 2 aromatic carbocycles. The summed E-state index contributed by atoms with van der Waals surface area (Å²) in [4.78, 5) is 31.1. The zero-order chi connectivity index (χ0) is 20.8. The summed E-state index contributed by atoms with van der Waals surface area (Å²) >= 11 is 1.18. The van der Waals surface area contributed by atoms with Crippen molar-refractivity contribution in [2.24, 2.45) is 0 Å². The zero-order valence-electron chi connectivity index (χ0n) is 16.4. The first-order valence-corrected chi connectivity index (χ1v) is 10.4. The topological polar surface area (TPSA) is 68.4 Å². The Hall–Kier alpha value is -2.71. The molecule has 1 amide bonds. The van der Waals surface area contributed by atoms with E-state index >= 15 is 0 Å². The lowest BCUT2D eigenvalue weighted by atomic mass is 10.2. The monoisotopic (exact) mass is 415 g/mol. The molecule has 0 aliphatic rings. The van der Waals surface area contributed by atoms with Gasteiger partial charge in [0.2, 0.25) is 5.91 Å². The van der Waals surface area contributed by atoms with Crippen LogP contribution in [0.1, 0.15) is 6.42 Å². The van der Waals surface area contributed by atoms with E-state index in [0.29, 0.717) is 22.6 Å². The second-order valence-corrected chi connectivity index (χ2v) is 7.94. The van der Waals surface area contributed by atoms with Gasteiger partial charge in [-0.1, -0.05) is 36.0 Å². The standard InChI is InChI=1S/C21H23FN4O2S/c1-25(2)12-7-13-26-20(28)15-8-3-5-10-17(15)24-21(26)29-14-19(27)23-18-11-6-4-9-16(18)22/h3-6,8-11H,7,12-14H2,1-2H3,(H,23,27)/p+1. The molecule has 0 saturated carbocycles. The van der Waals surface area contributed by atoms with Crippen molar-refractivity contribution >= 4 is 34.3 Å². The maximum absolute atomic E-state index is 13.7. The number of nitrogens with zero attached hydrogens (tertiary/aromatic N) is 2. The highest BCUT2D eigenvalue weighted by Gasteiger charge is 2.14. The van der Waals surface area contributed by atoms with Crippen LogP contribution in [-0.4, -0.2) is 41.9 Å². The van der Waals surface area contributed by atoms with Gasteiger partial charge in [0.25, 0.3) is 5.56 Å². The first-order valence-electron chi connectivity index (χ1n) is 9.41. The van der Waals surface area contributed by atoms with Crippen LogP contribution < -0.4 is 15.8 Å². The van der Waals surface area contributed by atoms with Crippen molar-refractivity contribution in [3.63, 3.8) is 0 Å². The third-order valence-corrected chi connectivity index (χ3v) is 5.34. The van der Waals surface area contributed by atoms with Gasteiger partial charge in [0.1, 0.15) is 5.82 Å². The molecule has 2 N–H and O–H groups in total. The summed E-state index contributed by atoms with van der Waals surface area (Å²) in [6.45, 7) is 1.44. The van der Waals surface area contributed by atoms with Crippen molar-refractivity contribution in [1.29, 1.82) is 0 Å². The average molecular weight is 416 g/mol. The number of thioether (sulfide) groups is 1. The molecule has 1 heterocycles. The van der Waals surface area contributed by atoms with Gasteiger partial charge in [0.05, 0.1) is 43.0 Å². The van der Waals surface area contributed by atoms with Crippen molar-refractivity contribution < 1.29 is 14.1 Å². The molecular formula is C21H24FN4O2S+. The molecule has 0 saturated heterocycles. The Morgan fingerprint density at radius 1 is 1.17 bits per heavy atom. The van der Waals surface area contributed by atoms with Gasteiger partial charge in [-0.25, -0.2) is 9.37 Å². The fourth-order valence-electron chi connectivity index (χ4n) is 2.92. The number of nitrogens with one attached hydrogen (secondary N) is 2. The number of carbonyl (C=O) groups excluding carboxylic acids is 1. The van der Waals surface area contributed by atoms with Crippen LogP contribution in [0, 0.1) is 5.82 Å². The predicted molar refractivity (Wildman–Crippen MR) is 114 cm³/mol. The molecule has 29 heavy (non-hydrogen) atoms. The molecule has 0 fully saturated rings. The molecule has 152 valence electrons. The minimum Gasteiger partial charge on any atom is -0.340 e. The Kier molecular flexibility index (Phi) is 7.00. The average Bonchev–Trinajstić information content (AvgIpc) is 2.70. The number of fused-ring (bicyclic) bond motifs is 1. The molecule has 3 aromatic rings. The van der Waals surface area contributed by atoms with Gasteiger partial charge < -0.3 is 10.2 Å². The third-order valence-electron chi connectivity index (χ3n) is 4.37. The van der Waals surface area contributed by atoms with Crippen LogP contribution >= 0.6 is 11.8 Å². The Morgan fingerprint density at radius 3 is 2.66 bits per heavy atom. The summed E-state index contributed by atoms with van der Waals surface area (Å²) in [5.74, 6) is -0.817. The summed E-state index contributed by atoms with van der Waals surface area (Å²) in [5.41, 5.74) is 0.626. The van der Waals surface area contributed by atoms with Gasteiger partial charge in [-0.05, 0) is 24.3 Å². The Morgan fingerprint density at radius 2 is 1.90 bits per heavy atom. The van der Waals surface area contributed by atoms with Crippen LogP contribution in [-0.2, 0) is 11.3 Å². The van der Waals surface area contributed by atoms with Crippen molar-refractivity contribution in [1.82, 2.24) is 9.55 Å². The predicted octanol–water partition coefficient (Wildman–Crippen LogP) is 1.80. The largest absolute Gasteiger partial charge is 0.340 e. The third kappa shape index (κ3) is 5.42. The van der Waals surface area contributed by atoms with E-state index in [0.717, 1.165) is 13.0 Å². The van der Waals surface area contributed by atoms with E-state index in [1.165, 1.54) is 28.8 Å². The second-order valence-electron chi connectivity index (χ2n) is 7.00. The summed E-state index contributed by atoms with van der Waals surface area (Å²) in [5, 5.41) is 3.61. The molecule has 8 heteroatoms. The highest BCUT2D eigenvalue weighted by Crippen LogP contribution is 2.19. The minimum absolute atomic E-state index is 0.0258. The number of anilines is 1. The molecular weight excluding hydrogens is 391 g/mol. The lowest BCUT2D eigenvalue weighted by Crippen LogP contribution is -3.05. The van der Waals surface area contributed by atoms with Crippen molar-refractivity contribution in [2.45, 2.75) is 18.1 Å². The SMILES string of the molecule is C[NH+](C)CCCn1c(SCC(=O)Nc2ccccc2F)nc2ccccc2c1=O. The number of hydrogen-bond donors (Lipinski definition) is 2. The number of benzene rings is 2. The Labute approximate surface area is 172 Å². The second kappa shape index (κ2) is 9.67. The van der Waals surface area contributed by atoms with Gasteiger partial charge >= 0.3 is 0 Å².